The van der Waals surface area contributed by atoms with Gasteiger partial charge in [0.1, 0.15) is 5.69 Å². The molecule has 3 amide bonds. The number of aryl methyl sites for hydroxylation is 1. The second-order valence-electron chi connectivity index (χ2n) is 7.21. The molecule has 3 aromatic rings. The fraction of sp³-hybridized carbons (Fsp3) is 0.227. The number of halogens is 2. The quantitative estimate of drug-likeness (QED) is 0.442. The molecule has 0 bridgehead atoms. The molecule has 0 spiro atoms. The summed E-state index contributed by atoms with van der Waals surface area (Å²) < 4.78 is 2.13. The van der Waals surface area contributed by atoms with E-state index in [1.807, 2.05) is 19.9 Å². The van der Waals surface area contributed by atoms with Gasteiger partial charge in [-0.1, -0.05) is 40.5 Å². The Morgan fingerprint density at radius 1 is 1.10 bits per heavy atom. The third-order valence-corrected chi connectivity index (χ3v) is 5.74. The van der Waals surface area contributed by atoms with Gasteiger partial charge in [0, 0.05) is 26.6 Å². The van der Waals surface area contributed by atoms with E-state index < -0.39 is 17.7 Å². The van der Waals surface area contributed by atoms with Crippen LogP contribution in [0, 0.1) is 6.92 Å². The molecule has 1 aromatic heterocycles. The molecular weight excluding hydrogens is 484 g/mol. The molecule has 162 valence electrons. The normalized spacial score (nSPS) is 11.8. The fourth-order valence-corrected chi connectivity index (χ4v) is 3.44. The molecule has 0 aliphatic carbocycles. The van der Waals surface area contributed by atoms with Crippen molar-refractivity contribution in [3.05, 3.63) is 63.2 Å². The summed E-state index contributed by atoms with van der Waals surface area (Å²) in [6, 6.07) is 12.0. The summed E-state index contributed by atoms with van der Waals surface area (Å²) in [4.78, 5) is 37.7. The molecule has 0 fully saturated rings. The van der Waals surface area contributed by atoms with Gasteiger partial charge in [-0.05, 0) is 62.2 Å². The van der Waals surface area contributed by atoms with Crippen LogP contribution in [0.5, 0.6) is 0 Å². The Balaban J connectivity index is 1.94. The largest absolute Gasteiger partial charge is 0.345 e. The van der Waals surface area contributed by atoms with Gasteiger partial charge < -0.3 is 10.6 Å². The van der Waals surface area contributed by atoms with Crippen LogP contribution in [0.15, 0.2) is 46.9 Å². The predicted octanol–water partition coefficient (Wildman–Crippen LogP) is 4.60. The van der Waals surface area contributed by atoms with E-state index in [2.05, 4.69) is 32.0 Å². The highest BCUT2D eigenvalue weighted by atomic mass is 79.9. The van der Waals surface area contributed by atoms with Gasteiger partial charge in [0.15, 0.2) is 0 Å². The number of amides is 3. The summed E-state index contributed by atoms with van der Waals surface area (Å²) in [5.74, 6) is -2.10. The Labute approximate surface area is 193 Å². The average Bonchev–Trinajstić information content (AvgIpc) is 3.07. The molecule has 9 heteroatoms. The molecule has 0 radical (unpaired) electrons. The van der Waals surface area contributed by atoms with Gasteiger partial charge in [0.05, 0.1) is 5.52 Å². The number of carbonyl (C=O) groups is 3. The molecule has 2 aromatic carbocycles. The van der Waals surface area contributed by atoms with Crippen LogP contribution in [0.1, 0.15) is 36.3 Å². The van der Waals surface area contributed by atoms with Gasteiger partial charge in [-0.3, -0.25) is 19.8 Å². The summed E-state index contributed by atoms with van der Waals surface area (Å²) in [7, 11) is 0. The smallest absolute Gasteiger partial charge is 0.328 e. The number of carbonyl (C=O) groups excluding carboxylic acids is 3. The number of nitrogens with zero attached hydrogens (tertiary/aromatic N) is 1. The second-order valence-corrected chi connectivity index (χ2v) is 8.53. The van der Waals surface area contributed by atoms with Gasteiger partial charge in [-0.25, -0.2) is 4.68 Å². The van der Waals surface area contributed by atoms with Gasteiger partial charge in [-0.2, -0.15) is 0 Å². The summed E-state index contributed by atoms with van der Waals surface area (Å²) in [5.41, 5.74) is 4.66. The van der Waals surface area contributed by atoms with Crippen molar-refractivity contribution >= 4 is 61.8 Å². The van der Waals surface area contributed by atoms with Crippen molar-refractivity contribution in [3.63, 3.8) is 0 Å². The number of fused-ring (bicyclic) bond motifs is 1. The Kier molecular flexibility index (Phi) is 7.02. The highest BCUT2D eigenvalue weighted by molar-refractivity contribution is 9.10. The van der Waals surface area contributed by atoms with Crippen molar-refractivity contribution in [2.45, 2.75) is 33.2 Å². The molecule has 0 aliphatic rings. The first-order valence-electron chi connectivity index (χ1n) is 9.70. The summed E-state index contributed by atoms with van der Waals surface area (Å²) in [5, 5.41) is 6.63. The number of hydrogen-bond donors (Lipinski definition) is 3. The van der Waals surface area contributed by atoms with E-state index in [1.54, 1.807) is 43.3 Å². The van der Waals surface area contributed by atoms with Crippen molar-refractivity contribution < 1.29 is 14.4 Å². The molecule has 3 N–H and O–H groups in total. The molecule has 31 heavy (non-hydrogen) atoms. The second kappa shape index (κ2) is 9.53. The molecular formula is C22H22BrClN4O3. The van der Waals surface area contributed by atoms with Crippen LogP contribution < -0.4 is 16.1 Å². The maximum absolute atomic E-state index is 13.0. The molecule has 1 atom stereocenters. The zero-order valence-corrected chi connectivity index (χ0v) is 19.6. The predicted molar refractivity (Wildman–Crippen MR) is 126 cm³/mol. The van der Waals surface area contributed by atoms with Crippen molar-refractivity contribution in [2.24, 2.45) is 0 Å². The lowest BCUT2D eigenvalue weighted by atomic mass is 10.2. The first kappa shape index (κ1) is 22.8. The lowest BCUT2D eigenvalue weighted by Gasteiger charge is -2.14. The lowest BCUT2D eigenvalue weighted by Crippen LogP contribution is -2.43. The van der Waals surface area contributed by atoms with E-state index in [1.165, 1.54) is 4.68 Å². The summed E-state index contributed by atoms with van der Waals surface area (Å²) >= 11 is 9.56. The standard InChI is InChI=1S/C22H22BrClN4O3/c1-4-13(3)25-21(30)22(31)27-28-18-8-6-15(23)9-14(18)10-19(28)20(29)26-16-7-5-12(2)17(24)11-16/h5-11,13H,4H2,1-3H3,(H,25,30)(H,26,29)(H,27,31)/t13-/m1/s1. The van der Waals surface area contributed by atoms with Crippen LogP contribution >= 0.6 is 27.5 Å². The van der Waals surface area contributed by atoms with Crippen LogP contribution in [0.2, 0.25) is 5.02 Å². The van der Waals surface area contributed by atoms with Crippen LogP contribution in [-0.2, 0) is 9.59 Å². The Hall–Kier alpha value is -2.84. The first-order chi connectivity index (χ1) is 14.7. The minimum absolute atomic E-state index is 0.148. The number of aromatic nitrogens is 1. The van der Waals surface area contributed by atoms with Crippen molar-refractivity contribution in [3.8, 4) is 0 Å². The van der Waals surface area contributed by atoms with Gasteiger partial charge in [-0.15, -0.1) is 0 Å². The van der Waals surface area contributed by atoms with Gasteiger partial charge >= 0.3 is 11.8 Å². The molecule has 0 aliphatic heterocycles. The zero-order valence-electron chi connectivity index (χ0n) is 17.3. The number of rotatable bonds is 5. The van der Waals surface area contributed by atoms with Gasteiger partial charge in [0.25, 0.3) is 5.91 Å². The van der Waals surface area contributed by atoms with E-state index in [-0.39, 0.29) is 11.7 Å². The minimum Gasteiger partial charge on any atom is -0.345 e. The monoisotopic (exact) mass is 504 g/mol. The van der Waals surface area contributed by atoms with Crippen LogP contribution in [0.4, 0.5) is 5.69 Å². The van der Waals surface area contributed by atoms with Crippen LogP contribution in [-0.4, -0.2) is 28.4 Å². The number of anilines is 1. The third-order valence-electron chi connectivity index (χ3n) is 4.84. The van der Waals surface area contributed by atoms with E-state index in [0.717, 1.165) is 10.0 Å². The van der Waals surface area contributed by atoms with Crippen molar-refractivity contribution in [1.29, 1.82) is 0 Å². The topological polar surface area (TPSA) is 92.2 Å². The Morgan fingerprint density at radius 3 is 2.52 bits per heavy atom. The Morgan fingerprint density at radius 2 is 1.84 bits per heavy atom. The molecule has 3 rings (SSSR count). The summed E-state index contributed by atoms with van der Waals surface area (Å²) in [6.45, 7) is 5.57. The summed E-state index contributed by atoms with van der Waals surface area (Å²) in [6.07, 6.45) is 0.687. The maximum atomic E-state index is 13.0. The van der Waals surface area contributed by atoms with Crippen LogP contribution in [0.3, 0.4) is 0 Å². The number of benzene rings is 2. The van der Waals surface area contributed by atoms with E-state index >= 15 is 0 Å². The first-order valence-corrected chi connectivity index (χ1v) is 10.9. The fourth-order valence-electron chi connectivity index (χ4n) is 2.88. The third kappa shape index (κ3) is 5.26. The molecule has 0 unspecified atom stereocenters. The van der Waals surface area contributed by atoms with E-state index in [9.17, 15) is 14.4 Å². The molecule has 1 heterocycles. The minimum atomic E-state index is -0.867. The lowest BCUT2D eigenvalue weighted by molar-refractivity contribution is -0.137. The number of hydrogen-bond acceptors (Lipinski definition) is 3. The van der Waals surface area contributed by atoms with Crippen molar-refractivity contribution in [1.82, 2.24) is 9.99 Å². The molecule has 0 saturated carbocycles. The average molecular weight is 506 g/mol. The zero-order chi connectivity index (χ0) is 22.7. The number of nitrogens with one attached hydrogen (secondary N) is 3. The highest BCUT2D eigenvalue weighted by Crippen LogP contribution is 2.25. The molecule has 7 nitrogen and oxygen atoms in total. The van der Waals surface area contributed by atoms with Gasteiger partial charge in [0.2, 0.25) is 0 Å². The van der Waals surface area contributed by atoms with Crippen molar-refractivity contribution in [2.75, 3.05) is 10.7 Å². The van der Waals surface area contributed by atoms with E-state index in [0.29, 0.717) is 28.0 Å². The van der Waals surface area contributed by atoms with Crippen LogP contribution in [0.25, 0.3) is 10.9 Å². The Bertz CT molecular complexity index is 1180. The SMILES string of the molecule is CC[C@@H](C)NC(=O)C(=O)Nn1c(C(=O)Nc2ccc(C)c(Cl)c2)cc2cc(Br)ccc21. The highest BCUT2D eigenvalue weighted by Gasteiger charge is 2.21. The maximum Gasteiger partial charge on any atom is 0.328 e. The molecule has 0 saturated heterocycles. The van der Waals surface area contributed by atoms with E-state index in [4.69, 9.17) is 11.6 Å².